The number of nitrogens with zero attached hydrogens (tertiary/aromatic N) is 1. The number of rotatable bonds is 2. The Labute approximate surface area is 116 Å². The quantitative estimate of drug-likeness (QED) is 0.902. The molecule has 1 atom stereocenters. The minimum atomic E-state index is -2.41. The highest BCUT2D eigenvalue weighted by Crippen LogP contribution is 2.27. The van der Waals surface area contributed by atoms with Gasteiger partial charge in [0.05, 0.1) is 11.0 Å². The van der Waals surface area contributed by atoms with Crippen LogP contribution in [-0.2, 0) is 4.79 Å². The Balaban J connectivity index is 2.18. The van der Waals surface area contributed by atoms with Crippen LogP contribution in [-0.4, -0.2) is 40.6 Å². The molecule has 1 unspecified atom stereocenters. The summed E-state index contributed by atoms with van der Waals surface area (Å²) >= 11 is 2.96. The summed E-state index contributed by atoms with van der Waals surface area (Å²) in [5, 5.41) is 8.74. The lowest BCUT2D eigenvalue weighted by atomic mass is 10.1. The number of hydrogen-bond donors (Lipinski definition) is 1. The molecule has 1 saturated heterocycles. The number of likely N-dealkylation sites (tertiary alicyclic amines) is 1. The zero-order valence-electron chi connectivity index (χ0n) is 9.70. The van der Waals surface area contributed by atoms with Gasteiger partial charge in [0.2, 0.25) is 5.67 Å². The summed E-state index contributed by atoms with van der Waals surface area (Å²) < 4.78 is 27.4. The molecule has 1 fully saturated rings. The van der Waals surface area contributed by atoms with Crippen LogP contribution < -0.4 is 0 Å². The molecule has 102 valence electrons. The van der Waals surface area contributed by atoms with Crippen LogP contribution in [0.5, 0.6) is 0 Å². The maximum atomic E-state index is 13.8. The molecule has 7 heteroatoms. The van der Waals surface area contributed by atoms with Crippen LogP contribution in [0.4, 0.5) is 8.78 Å². The van der Waals surface area contributed by atoms with Gasteiger partial charge in [-0.2, -0.15) is 0 Å². The van der Waals surface area contributed by atoms with Crippen LogP contribution in [0.3, 0.4) is 0 Å². The van der Waals surface area contributed by atoms with Crippen molar-refractivity contribution < 1.29 is 23.5 Å². The molecule has 1 aliphatic rings. The molecule has 1 aromatic rings. The second-order valence-corrected chi connectivity index (χ2v) is 5.23. The van der Waals surface area contributed by atoms with Gasteiger partial charge >= 0.3 is 5.97 Å². The predicted molar refractivity (Wildman–Crippen MR) is 66.1 cm³/mol. The first kappa shape index (κ1) is 13.9. The molecular weight excluding hydrogens is 324 g/mol. The number of aliphatic carboxylic acids is 1. The maximum Gasteiger partial charge on any atom is 0.343 e. The van der Waals surface area contributed by atoms with Gasteiger partial charge in [-0.05, 0) is 34.1 Å². The molecule has 2 rings (SSSR count). The standard InChI is InChI=1S/C12H10BrF2NO3/c13-8-2-1-7(5-9(8)14)10(17)16-4-3-12(15,6-16)11(18)19/h1-2,5H,3-4,6H2,(H,18,19). The average molecular weight is 334 g/mol. The maximum absolute atomic E-state index is 13.8. The molecule has 1 aliphatic heterocycles. The summed E-state index contributed by atoms with van der Waals surface area (Å²) in [4.78, 5) is 23.8. The van der Waals surface area contributed by atoms with E-state index in [2.05, 4.69) is 15.9 Å². The summed E-state index contributed by atoms with van der Waals surface area (Å²) in [7, 11) is 0. The second-order valence-electron chi connectivity index (χ2n) is 4.38. The molecule has 0 radical (unpaired) electrons. The number of halogens is 3. The Morgan fingerprint density at radius 1 is 1.42 bits per heavy atom. The Morgan fingerprint density at radius 3 is 2.63 bits per heavy atom. The van der Waals surface area contributed by atoms with E-state index >= 15 is 0 Å². The fourth-order valence-electron chi connectivity index (χ4n) is 1.93. The minimum Gasteiger partial charge on any atom is -0.479 e. The van der Waals surface area contributed by atoms with E-state index in [1.165, 1.54) is 12.1 Å². The third-order valence-electron chi connectivity index (χ3n) is 3.06. The highest BCUT2D eigenvalue weighted by atomic mass is 79.9. The zero-order valence-corrected chi connectivity index (χ0v) is 11.3. The lowest BCUT2D eigenvalue weighted by molar-refractivity contribution is -0.149. The molecule has 1 N–H and O–H groups in total. The second kappa shape index (κ2) is 4.88. The summed E-state index contributed by atoms with van der Waals surface area (Å²) in [5.41, 5.74) is -2.35. The van der Waals surface area contributed by atoms with Crippen molar-refractivity contribution in [2.75, 3.05) is 13.1 Å². The van der Waals surface area contributed by atoms with E-state index in [9.17, 15) is 18.4 Å². The number of carbonyl (C=O) groups excluding carboxylic acids is 1. The zero-order chi connectivity index (χ0) is 14.2. The van der Waals surface area contributed by atoms with E-state index in [0.29, 0.717) is 0 Å². The smallest absolute Gasteiger partial charge is 0.343 e. The fourth-order valence-corrected chi connectivity index (χ4v) is 2.18. The van der Waals surface area contributed by atoms with Crippen molar-refractivity contribution in [3.05, 3.63) is 34.1 Å². The Kier molecular flexibility index (Phi) is 3.58. The molecule has 4 nitrogen and oxygen atoms in total. The van der Waals surface area contributed by atoms with Gasteiger partial charge in [-0.25, -0.2) is 13.6 Å². The summed E-state index contributed by atoms with van der Waals surface area (Å²) in [6.07, 6.45) is -0.257. The highest BCUT2D eigenvalue weighted by Gasteiger charge is 2.47. The summed E-state index contributed by atoms with van der Waals surface area (Å²) in [5.74, 6) is -2.76. The lowest BCUT2D eigenvalue weighted by Gasteiger charge is -2.17. The molecule has 1 amide bonds. The number of benzene rings is 1. The third kappa shape index (κ3) is 2.60. The first-order chi connectivity index (χ1) is 8.83. The van der Waals surface area contributed by atoms with Crippen LogP contribution >= 0.6 is 15.9 Å². The van der Waals surface area contributed by atoms with Crippen molar-refractivity contribution in [2.24, 2.45) is 0 Å². The van der Waals surface area contributed by atoms with Crippen LogP contribution in [0.2, 0.25) is 0 Å². The van der Waals surface area contributed by atoms with Crippen molar-refractivity contribution in [3.63, 3.8) is 0 Å². The van der Waals surface area contributed by atoms with E-state index in [1.807, 2.05) is 0 Å². The van der Waals surface area contributed by atoms with Crippen LogP contribution in [0.15, 0.2) is 22.7 Å². The number of carboxylic acids is 1. The van der Waals surface area contributed by atoms with E-state index < -0.39 is 29.9 Å². The number of alkyl halides is 1. The molecule has 19 heavy (non-hydrogen) atoms. The topological polar surface area (TPSA) is 57.6 Å². The van der Waals surface area contributed by atoms with Gasteiger partial charge < -0.3 is 10.0 Å². The van der Waals surface area contributed by atoms with Gasteiger partial charge in [0.1, 0.15) is 5.82 Å². The first-order valence-electron chi connectivity index (χ1n) is 5.50. The third-order valence-corrected chi connectivity index (χ3v) is 3.70. The molecule has 1 aromatic carbocycles. The monoisotopic (exact) mass is 333 g/mol. The van der Waals surface area contributed by atoms with Gasteiger partial charge in [0, 0.05) is 18.5 Å². The normalized spacial score (nSPS) is 22.6. The summed E-state index contributed by atoms with van der Waals surface area (Å²) in [6, 6.07) is 3.80. The number of carbonyl (C=O) groups is 2. The van der Waals surface area contributed by atoms with Crippen molar-refractivity contribution in [3.8, 4) is 0 Å². The van der Waals surface area contributed by atoms with Crippen molar-refractivity contribution in [1.82, 2.24) is 4.90 Å². The van der Waals surface area contributed by atoms with Crippen molar-refractivity contribution in [2.45, 2.75) is 12.1 Å². The Bertz CT molecular complexity index is 552. The summed E-state index contributed by atoms with van der Waals surface area (Å²) in [6.45, 7) is -0.516. The molecule has 1 heterocycles. The van der Waals surface area contributed by atoms with E-state index in [4.69, 9.17) is 5.11 Å². The lowest BCUT2D eigenvalue weighted by Crippen LogP contribution is -2.38. The van der Waals surface area contributed by atoms with Gasteiger partial charge in [-0.15, -0.1) is 0 Å². The molecule has 0 bridgehead atoms. The Morgan fingerprint density at radius 2 is 2.11 bits per heavy atom. The van der Waals surface area contributed by atoms with Gasteiger partial charge in [0.25, 0.3) is 5.91 Å². The highest BCUT2D eigenvalue weighted by molar-refractivity contribution is 9.10. The molecule has 0 spiro atoms. The molecule has 0 aliphatic carbocycles. The molecule has 0 saturated carbocycles. The van der Waals surface area contributed by atoms with Crippen LogP contribution in [0.1, 0.15) is 16.8 Å². The van der Waals surface area contributed by atoms with Gasteiger partial charge in [-0.1, -0.05) is 0 Å². The van der Waals surface area contributed by atoms with Gasteiger partial charge in [-0.3, -0.25) is 4.79 Å². The number of carboxylic acid groups (broad SMARTS) is 1. The minimum absolute atomic E-state index is 0.000678. The van der Waals surface area contributed by atoms with Crippen LogP contribution in [0.25, 0.3) is 0 Å². The largest absolute Gasteiger partial charge is 0.479 e. The van der Waals surface area contributed by atoms with Crippen LogP contribution in [0, 0.1) is 5.82 Å². The molecular formula is C12H10BrF2NO3. The van der Waals surface area contributed by atoms with Crippen molar-refractivity contribution in [1.29, 1.82) is 0 Å². The van der Waals surface area contributed by atoms with E-state index in [1.54, 1.807) is 0 Å². The molecule has 0 aromatic heterocycles. The number of hydrogen-bond acceptors (Lipinski definition) is 2. The van der Waals surface area contributed by atoms with E-state index in [0.717, 1.165) is 11.0 Å². The average Bonchev–Trinajstić information content (AvgIpc) is 2.76. The van der Waals surface area contributed by atoms with Crippen molar-refractivity contribution >= 4 is 27.8 Å². The van der Waals surface area contributed by atoms with E-state index in [-0.39, 0.29) is 23.0 Å². The SMILES string of the molecule is O=C(c1ccc(Br)c(F)c1)N1CCC(F)(C(=O)O)C1. The predicted octanol–water partition coefficient (Wildman–Crippen LogP) is 2.23. The first-order valence-corrected chi connectivity index (χ1v) is 6.29. The fraction of sp³-hybridized carbons (Fsp3) is 0.333. The van der Waals surface area contributed by atoms with Gasteiger partial charge in [0.15, 0.2) is 0 Å². The number of amides is 1. The Hall–Kier alpha value is -1.50.